The van der Waals surface area contributed by atoms with Gasteiger partial charge in [-0.1, -0.05) is 11.6 Å². The number of fused-ring (bicyclic) bond motifs is 3. The molecule has 4 nitrogen and oxygen atoms in total. The van der Waals surface area contributed by atoms with Gasteiger partial charge >= 0.3 is 0 Å². The Morgan fingerprint density at radius 3 is 3.21 bits per heavy atom. The van der Waals surface area contributed by atoms with Crippen molar-refractivity contribution in [2.75, 3.05) is 0 Å². The molecular formula is C9H9ClN4. The van der Waals surface area contributed by atoms with E-state index in [9.17, 15) is 0 Å². The van der Waals surface area contributed by atoms with Crippen molar-refractivity contribution in [1.29, 1.82) is 0 Å². The fourth-order valence-electron chi connectivity index (χ4n) is 1.76. The van der Waals surface area contributed by atoms with E-state index in [0.717, 1.165) is 30.1 Å². The van der Waals surface area contributed by atoms with E-state index in [-0.39, 0.29) is 0 Å². The van der Waals surface area contributed by atoms with Gasteiger partial charge in [-0.05, 0) is 6.92 Å². The van der Waals surface area contributed by atoms with Crippen LogP contribution in [-0.2, 0) is 13.1 Å². The Bertz CT molecular complexity index is 517. The summed E-state index contributed by atoms with van der Waals surface area (Å²) in [5.74, 6) is 0. The van der Waals surface area contributed by atoms with Crippen LogP contribution in [0.2, 0.25) is 5.02 Å². The highest BCUT2D eigenvalue weighted by Gasteiger charge is 2.19. The highest BCUT2D eigenvalue weighted by molar-refractivity contribution is 6.31. The highest BCUT2D eigenvalue weighted by Crippen LogP contribution is 2.21. The molecule has 72 valence electrons. The maximum absolute atomic E-state index is 5.97. The minimum atomic E-state index is 0.659. The topological polar surface area (TPSA) is 42.2 Å². The summed E-state index contributed by atoms with van der Waals surface area (Å²) < 4.78 is 1.76. The van der Waals surface area contributed by atoms with Gasteiger partial charge in [-0.3, -0.25) is 0 Å². The molecule has 14 heavy (non-hydrogen) atoms. The Morgan fingerprint density at radius 1 is 1.50 bits per heavy atom. The van der Waals surface area contributed by atoms with Gasteiger partial charge in [-0.2, -0.15) is 5.10 Å². The molecule has 0 saturated heterocycles. The first kappa shape index (κ1) is 8.20. The second-order valence-corrected chi connectivity index (χ2v) is 3.88. The number of halogens is 1. The zero-order chi connectivity index (χ0) is 9.71. The molecule has 0 aliphatic carbocycles. The number of aryl methyl sites for hydroxylation is 1. The van der Waals surface area contributed by atoms with Gasteiger partial charge in [0.1, 0.15) is 0 Å². The van der Waals surface area contributed by atoms with Gasteiger partial charge in [-0.15, -0.1) is 0 Å². The molecule has 0 bridgehead atoms. The second-order valence-electron chi connectivity index (χ2n) is 3.47. The Labute approximate surface area is 85.9 Å². The maximum Gasteiger partial charge on any atom is 0.160 e. The normalized spacial score (nSPS) is 15.0. The first-order valence-corrected chi connectivity index (χ1v) is 4.87. The predicted molar refractivity (Wildman–Crippen MR) is 53.3 cm³/mol. The number of nitrogens with zero attached hydrogens (tertiary/aromatic N) is 3. The van der Waals surface area contributed by atoms with Crippen molar-refractivity contribution >= 4 is 17.2 Å². The Morgan fingerprint density at radius 2 is 2.36 bits per heavy atom. The van der Waals surface area contributed by atoms with Gasteiger partial charge in [0.2, 0.25) is 0 Å². The minimum Gasteiger partial charge on any atom is -0.307 e. The van der Waals surface area contributed by atoms with E-state index in [0.29, 0.717) is 5.02 Å². The van der Waals surface area contributed by atoms with Crippen LogP contribution in [0.3, 0.4) is 0 Å². The van der Waals surface area contributed by atoms with Crippen LogP contribution in [0.5, 0.6) is 0 Å². The number of nitrogens with one attached hydrogen (secondary N) is 1. The van der Waals surface area contributed by atoms with Crippen LogP contribution in [-0.4, -0.2) is 14.6 Å². The lowest BCUT2D eigenvalue weighted by atomic mass is 10.3. The summed E-state index contributed by atoms with van der Waals surface area (Å²) in [6.45, 7) is 3.59. The zero-order valence-corrected chi connectivity index (χ0v) is 8.47. The number of hydrogen-bond acceptors (Lipinski definition) is 3. The van der Waals surface area contributed by atoms with Crippen LogP contribution in [0.1, 0.15) is 17.0 Å². The van der Waals surface area contributed by atoms with E-state index in [1.807, 2.05) is 13.1 Å². The van der Waals surface area contributed by atoms with Crippen molar-refractivity contribution in [2.24, 2.45) is 0 Å². The summed E-state index contributed by atoms with van der Waals surface area (Å²) in [5.41, 5.74) is 4.06. The summed E-state index contributed by atoms with van der Waals surface area (Å²) in [5, 5.41) is 8.31. The Balaban J connectivity index is 2.39. The van der Waals surface area contributed by atoms with Crippen LogP contribution in [0.25, 0.3) is 5.65 Å². The molecule has 0 saturated carbocycles. The molecule has 0 aromatic carbocycles. The molecule has 3 heterocycles. The van der Waals surface area contributed by atoms with Gasteiger partial charge in [0.15, 0.2) is 5.65 Å². The molecule has 0 spiro atoms. The third-order valence-corrected chi connectivity index (χ3v) is 2.88. The average molecular weight is 209 g/mol. The zero-order valence-electron chi connectivity index (χ0n) is 7.71. The molecule has 1 aliphatic heterocycles. The van der Waals surface area contributed by atoms with Crippen molar-refractivity contribution < 1.29 is 0 Å². The largest absolute Gasteiger partial charge is 0.307 e. The first-order chi connectivity index (χ1) is 6.75. The highest BCUT2D eigenvalue weighted by atomic mass is 35.5. The van der Waals surface area contributed by atoms with E-state index >= 15 is 0 Å². The van der Waals surface area contributed by atoms with E-state index in [1.165, 1.54) is 5.56 Å². The molecule has 2 aromatic rings. The number of aromatic nitrogens is 3. The minimum absolute atomic E-state index is 0.659. The van der Waals surface area contributed by atoms with Crippen LogP contribution in [0, 0.1) is 6.92 Å². The number of rotatable bonds is 0. The molecule has 0 unspecified atom stereocenters. The fourth-order valence-corrected chi connectivity index (χ4v) is 1.89. The standard InChI is InChI=1S/C9H9ClN4/c1-5-7(10)4-14-9(12-5)6-2-11-3-8(6)13-14/h4,11H,2-3H2,1H3. The van der Waals surface area contributed by atoms with Crippen LogP contribution in [0.15, 0.2) is 6.20 Å². The second kappa shape index (κ2) is 2.68. The van der Waals surface area contributed by atoms with E-state index < -0.39 is 0 Å². The van der Waals surface area contributed by atoms with Gasteiger partial charge in [0.05, 0.1) is 22.6 Å². The Hall–Kier alpha value is -1.13. The average Bonchev–Trinajstić information content (AvgIpc) is 2.68. The quantitative estimate of drug-likeness (QED) is 0.710. The lowest BCUT2D eigenvalue weighted by Crippen LogP contribution is -2.04. The van der Waals surface area contributed by atoms with E-state index in [4.69, 9.17) is 11.6 Å². The lowest BCUT2D eigenvalue weighted by Gasteiger charge is -1.99. The van der Waals surface area contributed by atoms with Gasteiger partial charge in [0.25, 0.3) is 0 Å². The fraction of sp³-hybridized carbons (Fsp3) is 0.333. The van der Waals surface area contributed by atoms with Crippen molar-refractivity contribution in [3.8, 4) is 0 Å². The van der Waals surface area contributed by atoms with Crippen molar-refractivity contribution in [3.05, 3.63) is 28.2 Å². The molecule has 0 fully saturated rings. The van der Waals surface area contributed by atoms with Crippen molar-refractivity contribution in [3.63, 3.8) is 0 Å². The molecule has 1 aliphatic rings. The summed E-state index contributed by atoms with van der Waals surface area (Å²) in [7, 11) is 0. The monoisotopic (exact) mass is 208 g/mol. The molecule has 0 radical (unpaired) electrons. The molecule has 0 atom stereocenters. The van der Waals surface area contributed by atoms with Crippen molar-refractivity contribution in [1.82, 2.24) is 19.9 Å². The van der Waals surface area contributed by atoms with E-state index in [2.05, 4.69) is 15.4 Å². The third kappa shape index (κ3) is 0.980. The smallest absolute Gasteiger partial charge is 0.160 e. The van der Waals surface area contributed by atoms with Gasteiger partial charge < -0.3 is 5.32 Å². The SMILES string of the molecule is Cc1nc2c3c(nn2cc1Cl)CNC3. The van der Waals surface area contributed by atoms with Crippen molar-refractivity contribution in [2.45, 2.75) is 20.0 Å². The molecule has 2 aromatic heterocycles. The molecular weight excluding hydrogens is 200 g/mol. The summed E-state index contributed by atoms with van der Waals surface area (Å²) in [4.78, 5) is 4.44. The molecule has 1 N–H and O–H groups in total. The summed E-state index contributed by atoms with van der Waals surface area (Å²) >= 11 is 5.97. The maximum atomic E-state index is 5.97. The summed E-state index contributed by atoms with van der Waals surface area (Å²) in [6, 6.07) is 0. The van der Waals surface area contributed by atoms with E-state index in [1.54, 1.807) is 4.52 Å². The first-order valence-electron chi connectivity index (χ1n) is 4.49. The van der Waals surface area contributed by atoms with Crippen LogP contribution < -0.4 is 5.32 Å². The molecule has 0 amide bonds. The lowest BCUT2D eigenvalue weighted by molar-refractivity contribution is 0.733. The van der Waals surface area contributed by atoms with Gasteiger partial charge in [-0.25, -0.2) is 9.50 Å². The van der Waals surface area contributed by atoms with Crippen LogP contribution >= 0.6 is 11.6 Å². The Kier molecular flexibility index (Phi) is 1.57. The van der Waals surface area contributed by atoms with Crippen LogP contribution in [0.4, 0.5) is 0 Å². The molecule has 3 rings (SSSR count). The summed E-state index contributed by atoms with van der Waals surface area (Å²) in [6.07, 6.45) is 1.82. The van der Waals surface area contributed by atoms with Gasteiger partial charge in [0, 0.05) is 18.7 Å². The third-order valence-electron chi connectivity index (χ3n) is 2.51. The predicted octanol–water partition coefficient (Wildman–Crippen LogP) is 1.29. The number of hydrogen-bond donors (Lipinski definition) is 1. The molecule has 5 heteroatoms.